The minimum Gasteiger partial charge on any atom is -0.463 e. The third-order valence-corrected chi connectivity index (χ3v) is 11.8. The molecular weight excluding hydrogens is 881 g/mol. The molecule has 0 atom stereocenters. The molecule has 0 aliphatic rings. The van der Waals surface area contributed by atoms with Gasteiger partial charge in [-0.25, -0.2) is 0 Å². The SMILES string of the molecule is CCCCCCCCCCCCCCCCCC(=O)OCCOCCOCCOCCOCCOCCOCCOCCOCCOCCOCCOCCCCCCCCCCCCCCCC. The molecule has 0 aromatic heterocycles. The van der Waals surface area contributed by atoms with Crippen LogP contribution >= 0.6 is 0 Å². The fourth-order valence-corrected chi connectivity index (χ4v) is 7.63. The van der Waals surface area contributed by atoms with E-state index in [1.54, 1.807) is 0 Å². The first-order valence-electron chi connectivity index (χ1n) is 28.8. The van der Waals surface area contributed by atoms with Crippen molar-refractivity contribution in [3.8, 4) is 0 Å². The van der Waals surface area contributed by atoms with Gasteiger partial charge in [0.25, 0.3) is 0 Å². The quantitative estimate of drug-likeness (QED) is 0.0424. The second-order valence-corrected chi connectivity index (χ2v) is 18.3. The van der Waals surface area contributed by atoms with Gasteiger partial charge in [-0.3, -0.25) is 4.79 Å². The molecule has 69 heavy (non-hydrogen) atoms. The van der Waals surface area contributed by atoms with Gasteiger partial charge in [0.2, 0.25) is 0 Å². The molecule has 0 aliphatic heterocycles. The summed E-state index contributed by atoms with van der Waals surface area (Å²) in [7, 11) is 0. The lowest BCUT2D eigenvalue weighted by molar-refractivity contribution is -0.145. The van der Waals surface area contributed by atoms with Crippen molar-refractivity contribution >= 4 is 5.97 Å². The number of esters is 1. The Balaban J connectivity index is 3.12. The number of carbonyl (C=O) groups excluding carboxylic acids is 1. The third kappa shape index (κ3) is 65.0. The first-order chi connectivity index (χ1) is 34.3. The third-order valence-electron chi connectivity index (χ3n) is 11.8. The number of hydrogen-bond donors (Lipinski definition) is 0. The molecule has 0 radical (unpaired) electrons. The molecule has 0 aromatic rings. The van der Waals surface area contributed by atoms with Crippen LogP contribution in [0, 0.1) is 0 Å². The maximum atomic E-state index is 11.9. The summed E-state index contributed by atoms with van der Waals surface area (Å²) in [6.07, 6.45) is 39.5. The lowest BCUT2D eigenvalue weighted by Gasteiger charge is -2.09. The highest BCUT2D eigenvalue weighted by molar-refractivity contribution is 5.69. The Bertz CT molecular complexity index is 917. The molecule has 0 aromatic carbocycles. The van der Waals surface area contributed by atoms with E-state index in [0.29, 0.717) is 152 Å². The van der Waals surface area contributed by atoms with Gasteiger partial charge in [0.05, 0.1) is 139 Å². The van der Waals surface area contributed by atoms with Crippen LogP contribution < -0.4 is 0 Å². The second kappa shape index (κ2) is 65.0. The topological polar surface area (TPSA) is 128 Å². The minimum absolute atomic E-state index is 0.128. The Morgan fingerprint density at radius 2 is 0.377 bits per heavy atom. The molecule has 0 N–H and O–H groups in total. The Morgan fingerprint density at radius 3 is 0.609 bits per heavy atom. The van der Waals surface area contributed by atoms with E-state index in [-0.39, 0.29) is 5.97 Å². The fourth-order valence-electron chi connectivity index (χ4n) is 7.63. The molecule has 13 heteroatoms. The fraction of sp³-hybridized carbons (Fsp3) is 0.982. The van der Waals surface area contributed by atoms with Crippen molar-refractivity contribution < 1.29 is 61.6 Å². The van der Waals surface area contributed by atoms with Gasteiger partial charge in [-0.2, -0.15) is 0 Å². The highest BCUT2D eigenvalue weighted by Gasteiger charge is 2.04. The smallest absolute Gasteiger partial charge is 0.305 e. The highest BCUT2D eigenvalue weighted by Crippen LogP contribution is 2.15. The molecule has 0 unspecified atom stereocenters. The second-order valence-electron chi connectivity index (χ2n) is 18.3. The molecule has 0 rings (SSSR count). The van der Waals surface area contributed by atoms with E-state index in [1.807, 2.05) is 0 Å². The average Bonchev–Trinajstić information content (AvgIpc) is 3.36. The van der Waals surface area contributed by atoms with Crippen molar-refractivity contribution in [2.75, 3.05) is 152 Å². The Labute approximate surface area is 424 Å². The average molecular weight is 993 g/mol. The molecular formula is C56H112O13. The zero-order chi connectivity index (χ0) is 49.5. The van der Waals surface area contributed by atoms with Gasteiger partial charge >= 0.3 is 5.97 Å². The van der Waals surface area contributed by atoms with Crippen LogP contribution in [0.25, 0.3) is 0 Å². The molecule has 0 amide bonds. The van der Waals surface area contributed by atoms with Gasteiger partial charge < -0.3 is 56.8 Å². The van der Waals surface area contributed by atoms with E-state index in [9.17, 15) is 4.79 Å². The molecule has 0 bridgehead atoms. The summed E-state index contributed by atoms with van der Waals surface area (Å²) in [5.74, 6) is -0.128. The normalized spacial score (nSPS) is 11.6. The largest absolute Gasteiger partial charge is 0.463 e. The first kappa shape index (κ1) is 68.0. The first-order valence-corrected chi connectivity index (χ1v) is 28.8. The predicted octanol–water partition coefficient (Wildman–Crippen LogP) is 12.5. The van der Waals surface area contributed by atoms with Crippen molar-refractivity contribution in [3.05, 3.63) is 0 Å². The summed E-state index contributed by atoms with van der Waals surface area (Å²) in [5, 5.41) is 0. The van der Waals surface area contributed by atoms with E-state index in [2.05, 4.69) is 13.8 Å². The van der Waals surface area contributed by atoms with Gasteiger partial charge in [0, 0.05) is 13.0 Å². The monoisotopic (exact) mass is 993 g/mol. The van der Waals surface area contributed by atoms with Gasteiger partial charge in [-0.15, -0.1) is 0 Å². The standard InChI is InChI=1S/C56H112O13/c1-3-5-7-9-11-13-15-17-19-20-22-24-26-28-30-32-56(57)69-55-54-68-53-52-67-51-50-66-49-48-65-47-46-64-45-44-63-43-42-62-41-40-61-39-38-60-37-36-59-35-34-58-33-31-29-27-25-23-21-18-16-14-12-10-8-6-4-2/h3-55H2,1-2H3. The molecule has 0 saturated heterocycles. The van der Waals surface area contributed by atoms with Gasteiger partial charge in [0.1, 0.15) is 6.61 Å². The summed E-state index contributed by atoms with van der Waals surface area (Å²) >= 11 is 0. The van der Waals surface area contributed by atoms with Crippen molar-refractivity contribution in [3.63, 3.8) is 0 Å². The lowest BCUT2D eigenvalue weighted by Crippen LogP contribution is -2.15. The van der Waals surface area contributed by atoms with Gasteiger partial charge in [0.15, 0.2) is 0 Å². The Morgan fingerprint density at radius 1 is 0.203 bits per heavy atom. The van der Waals surface area contributed by atoms with Crippen LogP contribution in [0.2, 0.25) is 0 Å². The summed E-state index contributed by atoms with van der Waals surface area (Å²) in [5.41, 5.74) is 0. The zero-order valence-electron chi connectivity index (χ0n) is 45.3. The number of hydrogen-bond acceptors (Lipinski definition) is 13. The molecule has 0 heterocycles. The molecule has 0 aliphatic carbocycles. The van der Waals surface area contributed by atoms with Crippen molar-refractivity contribution in [2.24, 2.45) is 0 Å². The molecule has 13 nitrogen and oxygen atoms in total. The van der Waals surface area contributed by atoms with E-state index < -0.39 is 0 Å². The number of unbranched alkanes of at least 4 members (excludes halogenated alkanes) is 27. The van der Waals surface area contributed by atoms with Crippen molar-refractivity contribution in [1.82, 2.24) is 0 Å². The van der Waals surface area contributed by atoms with Crippen molar-refractivity contribution in [2.45, 2.75) is 206 Å². The van der Waals surface area contributed by atoms with Crippen LogP contribution in [0.5, 0.6) is 0 Å². The van der Waals surface area contributed by atoms with E-state index in [4.69, 9.17) is 56.8 Å². The Hall–Kier alpha value is -0.970. The summed E-state index contributed by atoms with van der Waals surface area (Å²) < 4.78 is 66.4. The van der Waals surface area contributed by atoms with E-state index in [1.165, 1.54) is 167 Å². The summed E-state index contributed by atoms with van der Waals surface area (Å²) in [6.45, 7) is 16.5. The maximum absolute atomic E-state index is 11.9. The van der Waals surface area contributed by atoms with Gasteiger partial charge in [-0.1, -0.05) is 187 Å². The molecule has 0 spiro atoms. The van der Waals surface area contributed by atoms with Gasteiger partial charge in [-0.05, 0) is 12.8 Å². The van der Waals surface area contributed by atoms with Crippen LogP contribution in [-0.4, -0.2) is 158 Å². The number of ether oxygens (including phenoxy) is 12. The molecule has 0 saturated carbocycles. The number of rotatable bonds is 64. The van der Waals surface area contributed by atoms with Crippen LogP contribution in [0.4, 0.5) is 0 Å². The number of carbonyl (C=O) groups is 1. The minimum atomic E-state index is -0.128. The zero-order valence-corrected chi connectivity index (χ0v) is 45.3. The van der Waals surface area contributed by atoms with E-state index in [0.717, 1.165) is 25.9 Å². The summed E-state index contributed by atoms with van der Waals surface area (Å²) in [6, 6.07) is 0. The maximum Gasteiger partial charge on any atom is 0.305 e. The van der Waals surface area contributed by atoms with Crippen LogP contribution in [0.3, 0.4) is 0 Å². The van der Waals surface area contributed by atoms with Crippen LogP contribution in [0.1, 0.15) is 206 Å². The molecule has 414 valence electrons. The predicted molar refractivity (Wildman–Crippen MR) is 280 cm³/mol. The molecule has 0 fully saturated rings. The van der Waals surface area contributed by atoms with Crippen LogP contribution in [0.15, 0.2) is 0 Å². The van der Waals surface area contributed by atoms with Crippen LogP contribution in [-0.2, 0) is 61.6 Å². The lowest BCUT2D eigenvalue weighted by atomic mass is 10.0. The van der Waals surface area contributed by atoms with Crippen molar-refractivity contribution in [1.29, 1.82) is 0 Å². The Kier molecular flexibility index (Phi) is 64.1. The summed E-state index contributed by atoms with van der Waals surface area (Å²) in [4.78, 5) is 11.9. The van der Waals surface area contributed by atoms with E-state index >= 15 is 0 Å². The highest BCUT2D eigenvalue weighted by atomic mass is 16.6.